The Morgan fingerprint density at radius 3 is 2.75 bits per heavy atom. The molecule has 0 amide bonds. The van der Waals surface area contributed by atoms with Crippen LogP contribution in [0.4, 0.5) is 4.39 Å². The summed E-state index contributed by atoms with van der Waals surface area (Å²) in [6.07, 6.45) is 8.13. The van der Waals surface area contributed by atoms with Crippen molar-refractivity contribution in [3.63, 3.8) is 0 Å². The van der Waals surface area contributed by atoms with Gasteiger partial charge in [0, 0.05) is 23.9 Å². The number of carbonyl (C=O) groups excluding carboxylic acids is 1. The van der Waals surface area contributed by atoms with Gasteiger partial charge in [0.15, 0.2) is 0 Å². The van der Waals surface area contributed by atoms with Crippen LogP contribution in [0.1, 0.15) is 58.9 Å². The van der Waals surface area contributed by atoms with Crippen molar-refractivity contribution in [1.29, 1.82) is 0 Å². The number of pyridine rings is 1. The van der Waals surface area contributed by atoms with E-state index in [-0.39, 0.29) is 17.2 Å². The van der Waals surface area contributed by atoms with Crippen LogP contribution in [0.3, 0.4) is 0 Å². The average molecular weight is 380 g/mol. The molecular weight excluding hydrogens is 349 g/mol. The molecule has 1 heterocycles. The van der Waals surface area contributed by atoms with Crippen LogP contribution in [0.5, 0.6) is 0 Å². The summed E-state index contributed by atoms with van der Waals surface area (Å²) in [7, 11) is 0. The monoisotopic (exact) mass is 379 g/mol. The second-order valence-electron chi connectivity index (χ2n) is 10.1. The Hall–Kier alpha value is -2.03. The number of fused-ring (bicyclic) bond motifs is 2. The Labute approximate surface area is 167 Å². The fourth-order valence-corrected chi connectivity index (χ4v) is 5.20. The first-order valence-electron chi connectivity index (χ1n) is 10.5. The molecule has 0 radical (unpaired) electrons. The third-order valence-corrected chi connectivity index (χ3v) is 6.65. The number of allylic oxidation sites excluding steroid dienone is 2. The van der Waals surface area contributed by atoms with Crippen molar-refractivity contribution < 1.29 is 9.18 Å². The number of hydrogen-bond donors (Lipinski definition) is 0. The Bertz CT molecular complexity index is 939. The highest BCUT2D eigenvalue weighted by atomic mass is 19.1. The fourth-order valence-electron chi connectivity index (χ4n) is 5.20. The maximum atomic E-state index is 13.8. The number of ketones is 1. The molecule has 4 rings (SSSR count). The van der Waals surface area contributed by atoms with Gasteiger partial charge in [-0.2, -0.15) is 0 Å². The second kappa shape index (κ2) is 7.09. The third-order valence-electron chi connectivity index (χ3n) is 6.65. The Kier molecular flexibility index (Phi) is 4.89. The molecule has 0 aliphatic heterocycles. The van der Waals surface area contributed by atoms with Gasteiger partial charge in [0.05, 0.1) is 5.52 Å². The molecule has 1 unspecified atom stereocenters. The summed E-state index contributed by atoms with van der Waals surface area (Å²) in [6, 6.07) is 6.84. The molecule has 1 fully saturated rings. The van der Waals surface area contributed by atoms with E-state index in [2.05, 4.69) is 38.8 Å². The van der Waals surface area contributed by atoms with Gasteiger partial charge >= 0.3 is 0 Å². The van der Waals surface area contributed by atoms with Gasteiger partial charge in [-0.15, -0.1) is 0 Å². The van der Waals surface area contributed by atoms with Gasteiger partial charge in [-0.3, -0.25) is 9.78 Å². The minimum atomic E-state index is -0.216. The fraction of sp³-hybridized carbons (Fsp3) is 0.520. The Balaban J connectivity index is 1.51. The van der Waals surface area contributed by atoms with Crippen LogP contribution in [0.15, 0.2) is 36.5 Å². The maximum Gasteiger partial charge on any atom is 0.136 e. The van der Waals surface area contributed by atoms with Crippen molar-refractivity contribution in [2.45, 2.75) is 53.4 Å². The van der Waals surface area contributed by atoms with Crippen LogP contribution in [0, 0.1) is 34.9 Å². The van der Waals surface area contributed by atoms with E-state index in [1.54, 1.807) is 12.1 Å². The molecule has 2 aliphatic rings. The maximum absolute atomic E-state index is 13.8. The third kappa shape index (κ3) is 3.76. The molecule has 0 bridgehead atoms. The highest BCUT2D eigenvalue weighted by molar-refractivity contribution is 5.92. The van der Waals surface area contributed by atoms with E-state index >= 15 is 0 Å². The van der Waals surface area contributed by atoms with E-state index in [4.69, 9.17) is 0 Å². The summed E-state index contributed by atoms with van der Waals surface area (Å²) in [6.45, 7) is 8.54. The standard InChI is InChI=1S/C25H30FNO/c1-15(24(28)14-25(2,3)4)16-9-17-11-19(12-18(17)10-16)21-7-8-27-23-6-5-20(26)13-22(21)23/h5-8,11,13,15-18H,9-10,12,14H2,1-4H3/t15?,16-,17-,18+/m0/s1. The minimum Gasteiger partial charge on any atom is -0.299 e. The normalized spacial score (nSPS) is 25.6. The van der Waals surface area contributed by atoms with Crippen molar-refractivity contribution in [3.05, 3.63) is 47.9 Å². The second-order valence-corrected chi connectivity index (χ2v) is 10.1. The van der Waals surface area contributed by atoms with E-state index < -0.39 is 0 Å². The first-order chi connectivity index (χ1) is 13.2. The van der Waals surface area contributed by atoms with Gasteiger partial charge < -0.3 is 0 Å². The predicted molar refractivity (Wildman–Crippen MR) is 112 cm³/mol. The molecule has 2 aliphatic carbocycles. The Morgan fingerprint density at radius 1 is 1.25 bits per heavy atom. The highest BCUT2D eigenvalue weighted by Crippen LogP contribution is 2.51. The molecule has 1 aromatic heterocycles. The molecule has 2 aromatic rings. The van der Waals surface area contributed by atoms with Crippen LogP contribution in [-0.4, -0.2) is 10.8 Å². The van der Waals surface area contributed by atoms with Crippen LogP contribution in [-0.2, 0) is 4.79 Å². The van der Waals surface area contributed by atoms with Crippen LogP contribution in [0.2, 0.25) is 0 Å². The Morgan fingerprint density at radius 2 is 2.04 bits per heavy atom. The van der Waals surface area contributed by atoms with Crippen LogP contribution < -0.4 is 0 Å². The summed E-state index contributed by atoms with van der Waals surface area (Å²) >= 11 is 0. The van der Waals surface area contributed by atoms with Crippen molar-refractivity contribution in [3.8, 4) is 0 Å². The number of hydrogen-bond acceptors (Lipinski definition) is 2. The quantitative estimate of drug-likeness (QED) is 0.611. The number of aromatic nitrogens is 1. The number of benzene rings is 1. The molecule has 0 saturated heterocycles. The van der Waals surface area contributed by atoms with E-state index in [0.29, 0.717) is 30.0 Å². The van der Waals surface area contributed by atoms with Crippen molar-refractivity contribution in [1.82, 2.24) is 4.98 Å². The molecule has 3 heteroatoms. The number of Topliss-reactive ketones (excluding diaryl/α,β-unsaturated/α-hetero) is 1. The van der Waals surface area contributed by atoms with Gasteiger partial charge in [0.25, 0.3) is 0 Å². The molecular formula is C25H30FNO. The average Bonchev–Trinajstić information content (AvgIpc) is 3.18. The molecule has 148 valence electrons. The molecule has 1 saturated carbocycles. The zero-order valence-corrected chi connectivity index (χ0v) is 17.3. The molecule has 1 aromatic carbocycles. The molecule has 28 heavy (non-hydrogen) atoms. The number of halogens is 1. The molecule has 0 spiro atoms. The highest BCUT2D eigenvalue weighted by Gasteiger charge is 2.41. The summed E-state index contributed by atoms with van der Waals surface area (Å²) in [5, 5.41) is 0.902. The lowest BCUT2D eigenvalue weighted by molar-refractivity contribution is -0.125. The summed E-state index contributed by atoms with van der Waals surface area (Å²) in [5.41, 5.74) is 3.34. The minimum absolute atomic E-state index is 0.0601. The SMILES string of the molecule is CC(C(=O)CC(C)(C)C)[C@@H]1C[C@@H]2CC(c3ccnc4ccc(F)cc34)=C[C@@H]2C1. The van der Waals surface area contributed by atoms with Crippen molar-refractivity contribution >= 4 is 22.3 Å². The molecule has 0 N–H and O–H groups in total. The van der Waals surface area contributed by atoms with E-state index in [9.17, 15) is 9.18 Å². The summed E-state index contributed by atoms with van der Waals surface area (Å²) < 4.78 is 13.8. The first kappa shape index (κ1) is 19.3. The van der Waals surface area contributed by atoms with E-state index in [1.165, 1.54) is 11.6 Å². The van der Waals surface area contributed by atoms with Crippen LogP contribution >= 0.6 is 0 Å². The smallest absolute Gasteiger partial charge is 0.136 e. The first-order valence-corrected chi connectivity index (χ1v) is 10.5. The van der Waals surface area contributed by atoms with Gasteiger partial charge in [0.2, 0.25) is 0 Å². The van der Waals surface area contributed by atoms with E-state index in [1.807, 2.05) is 12.3 Å². The zero-order valence-electron chi connectivity index (χ0n) is 17.3. The van der Waals surface area contributed by atoms with Crippen molar-refractivity contribution in [2.75, 3.05) is 0 Å². The van der Waals surface area contributed by atoms with Gasteiger partial charge in [-0.25, -0.2) is 4.39 Å². The molecule has 4 atom stereocenters. The lowest BCUT2D eigenvalue weighted by Gasteiger charge is -2.24. The lowest BCUT2D eigenvalue weighted by Crippen LogP contribution is -2.24. The zero-order chi connectivity index (χ0) is 20.1. The summed E-state index contributed by atoms with van der Waals surface area (Å²) in [5.74, 6) is 2.00. The van der Waals surface area contributed by atoms with Gasteiger partial charge in [-0.05, 0) is 77.8 Å². The number of carbonyl (C=O) groups is 1. The van der Waals surface area contributed by atoms with Crippen molar-refractivity contribution in [2.24, 2.45) is 29.1 Å². The van der Waals surface area contributed by atoms with Gasteiger partial charge in [0.1, 0.15) is 11.6 Å². The largest absolute Gasteiger partial charge is 0.299 e. The van der Waals surface area contributed by atoms with Crippen LogP contribution in [0.25, 0.3) is 16.5 Å². The number of nitrogens with zero attached hydrogens (tertiary/aromatic N) is 1. The van der Waals surface area contributed by atoms with Gasteiger partial charge in [-0.1, -0.05) is 33.8 Å². The number of rotatable bonds is 4. The molecule has 2 nitrogen and oxygen atoms in total. The topological polar surface area (TPSA) is 30.0 Å². The summed E-state index contributed by atoms with van der Waals surface area (Å²) in [4.78, 5) is 17.1. The lowest BCUT2D eigenvalue weighted by atomic mass is 9.80. The van der Waals surface area contributed by atoms with E-state index in [0.717, 1.165) is 35.7 Å². The predicted octanol–water partition coefficient (Wildman–Crippen LogP) is 6.44.